The third-order valence-electron chi connectivity index (χ3n) is 4.03. The maximum Gasteiger partial charge on any atom is 0.168 e. The van der Waals surface area contributed by atoms with Gasteiger partial charge in [-0.3, -0.25) is 4.79 Å². The van der Waals surface area contributed by atoms with Gasteiger partial charge in [-0.15, -0.1) is 0 Å². The molecule has 0 aliphatic heterocycles. The summed E-state index contributed by atoms with van der Waals surface area (Å²) in [6, 6.07) is 8.03. The van der Waals surface area contributed by atoms with Gasteiger partial charge in [0, 0.05) is 11.0 Å². The summed E-state index contributed by atoms with van der Waals surface area (Å²) in [6.45, 7) is 4.21. The van der Waals surface area contributed by atoms with Gasteiger partial charge in [-0.05, 0) is 26.2 Å². The summed E-state index contributed by atoms with van der Waals surface area (Å²) in [5.41, 5.74) is 2.07. The minimum atomic E-state index is -0.0464. The van der Waals surface area contributed by atoms with Crippen LogP contribution in [0.15, 0.2) is 24.3 Å². The molecule has 0 atom stereocenters. The molecule has 2 rings (SSSR count). The van der Waals surface area contributed by atoms with Crippen LogP contribution >= 0.6 is 0 Å². The molecular formula is C15H20O. The molecule has 0 aromatic heterocycles. The number of carbonyl (C=O) groups is 1. The Bertz CT molecular complexity index is 369. The van der Waals surface area contributed by atoms with Gasteiger partial charge >= 0.3 is 0 Å². The Kier molecular flexibility index (Phi) is 3.13. The van der Waals surface area contributed by atoms with Gasteiger partial charge in [0.25, 0.3) is 0 Å². The van der Waals surface area contributed by atoms with Crippen LogP contribution in [0.2, 0.25) is 0 Å². The lowest BCUT2D eigenvalue weighted by molar-refractivity contribution is 0.0791. The van der Waals surface area contributed by atoms with E-state index in [4.69, 9.17) is 0 Å². The molecule has 1 nitrogen and oxygen atoms in total. The molecule has 16 heavy (non-hydrogen) atoms. The van der Waals surface area contributed by atoms with Crippen LogP contribution in [0.3, 0.4) is 0 Å². The number of hydrogen-bond acceptors (Lipinski definition) is 1. The predicted molar refractivity (Wildman–Crippen MR) is 66.7 cm³/mol. The van der Waals surface area contributed by atoms with Crippen LogP contribution in [-0.4, -0.2) is 5.78 Å². The van der Waals surface area contributed by atoms with E-state index in [-0.39, 0.29) is 5.41 Å². The first-order valence-corrected chi connectivity index (χ1v) is 6.29. The lowest BCUT2D eigenvalue weighted by Crippen LogP contribution is -2.27. The predicted octanol–water partition coefficient (Wildman–Crippen LogP) is 4.15. The summed E-state index contributed by atoms with van der Waals surface area (Å²) < 4.78 is 0. The molecule has 0 radical (unpaired) electrons. The molecule has 0 spiro atoms. The second-order valence-corrected chi connectivity index (χ2v) is 5.04. The number of hydrogen-bond donors (Lipinski definition) is 0. The van der Waals surface area contributed by atoms with E-state index < -0.39 is 0 Å². The number of aryl methyl sites for hydroxylation is 1. The van der Waals surface area contributed by atoms with E-state index in [1.54, 1.807) is 0 Å². The average Bonchev–Trinajstić information content (AvgIpc) is 2.79. The van der Waals surface area contributed by atoms with Gasteiger partial charge in [-0.1, -0.05) is 49.6 Å². The van der Waals surface area contributed by atoms with Crippen LogP contribution in [0.1, 0.15) is 54.9 Å². The van der Waals surface area contributed by atoms with Crippen molar-refractivity contribution in [3.8, 4) is 0 Å². The Morgan fingerprint density at radius 1 is 1.19 bits per heavy atom. The van der Waals surface area contributed by atoms with Crippen molar-refractivity contribution >= 4 is 5.78 Å². The van der Waals surface area contributed by atoms with Crippen molar-refractivity contribution < 1.29 is 4.79 Å². The van der Waals surface area contributed by atoms with Crippen molar-refractivity contribution in [2.45, 2.75) is 46.0 Å². The first kappa shape index (κ1) is 11.4. The van der Waals surface area contributed by atoms with E-state index in [0.29, 0.717) is 5.78 Å². The molecule has 1 aromatic rings. The molecule has 0 unspecified atom stereocenters. The quantitative estimate of drug-likeness (QED) is 0.694. The van der Waals surface area contributed by atoms with Crippen molar-refractivity contribution in [3.05, 3.63) is 35.4 Å². The first-order valence-electron chi connectivity index (χ1n) is 6.29. The summed E-state index contributed by atoms with van der Waals surface area (Å²) in [5.74, 6) is 0.368. The molecule has 1 aliphatic rings. The molecule has 0 N–H and O–H groups in total. The van der Waals surface area contributed by atoms with E-state index >= 15 is 0 Å². The normalized spacial score (nSPS) is 18.6. The number of ketones is 1. The maximum atomic E-state index is 12.5. The van der Waals surface area contributed by atoms with E-state index in [0.717, 1.165) is 24.8 Å². The summed E-state index contributed by atoms with van der Waals surface area (Å²) >= 11 is 0. The first-order chi connectivity index (χ1) is 7.68. The maximum absolute atomic E-state index is 12.5. The van der Waals surface area contributed by atoms with Gasteiger partial charge in [0.2, 0.25) is 0 Å². The molecule has 0 amide bonds. The van der Waals surface area contributed by atoms with Crippen molar-refractivity contribution in [1.29, 1.82) is 0 Å². The fourth-order valence-electron chi connectivity index (χ4n) is 2.80. The number of benzene rings is 1. The fraction of sp³-hybridized carbons (Fsp3) is 0.533. The molecule has 0 bridgehead atoms. The highest BCUT2D eigenvalue weighted by molar-refractivity contribution is 6.00. The monoisotopic (exact) mass is 216 g/mol. The SMILES string of the molecule is CCC1(C(=O)c2ccc(C)cc2)CCCC1. The Hall–Kier alpha value is -1.11. The van der Waals surface area contributed by atoms with E-state index in [1.165, 1.54) is 18.4 Å². The zero-order valence-corrected chi connectivity index (χ0v) is 10.3. The summed E-state index contributed by atoms with van der Waals surface area (Å²) in [6.07, 6.45) is 5.57. The van der Waals surface area contributed by atoms with Crippen LogP contribution < -0.4 is 0 Å². The summed E-state index contributed by atoms with van der Waals surface area (Å²) in [5, 5.41) is 0. The highest BCUT2D eigenvalue weighted by Crippen LogP contribution is 2.43. The van der Waals surface area contributed by atoms with E-state index in [1.807, 2.05) is 24.3 Å². The molecule has 0 saturated heterocycles. The number of carbonyl (C=O) groups excluding carboxylic acids is 1. The molecular weight excluding hydrogens is 196 g/mol. The zero-order valence-electron chi connectivity index (χ0n) is 10.3. The Morgan fingerprint density at radius 2 is 1.75 bits per heavy atom. The van der Waals surface area contributed by atoms with Gasteiger partial charge in [0.15, 0.2) is 5.78 Å². The van der Waals surface area contributed by atoms with Gasteiger partial charge in [0.1, 0.15) is 0 Å². The lowest BCUT2D eigenvalue weighted by Gasteiger charge is -2.25. The molecule has 0 heterocycles. The second-order valence-electron chi connectivity index (χ2n) is 5.04. The van der Waals surface area contributed by atoms with Gasteiger partial charge in [-0.25, -0.2) is 0 Å². The molecule has 86 valence electrons. The minimum Gasteiger partial charge on any atom is -0.294 e. The van der Waals surface area contributed by atoms with Crippen LogP contribution in [0, 0.1) is 12.3 Å². The minimum absolute atomic E-state index is 0.0464. The Balaban J connectivity index is 2.26. The fourth-order valence-corrected chi connectivity index (χ4v) is 2.80. The van der Waals surface area contributed by atoms with E-state index in [9.17, 15) is 4.79 Å². The highest BCUT2D eigenvalue weighted by Gasteiger charge is 2.39. The highest BCUT2D eigenvalue weighted by atomic mass is 16.1. The van der Waals surface area contributed by atoms with Gasteiger partial charge < -0.3 is 0 Å². The molecule has 1 saturated carbocycles. The molecule has 1 aromatic carbocycles. The molecule has 1 fully saturated rings. The smallest absolute Gasteiger partial charge is 0.168 e. The zero-order chi connectivity index (χ0) is 11.6. The van der Waals surface area contributed by atoms with Crippen LogP contribution in [0.25, 0.3) is 0 Å². The van der Waals surface area contributed by atoms with Crippen molar-refractivity contribution in [1.82, 2.24) is 0 Å². The Labute approximate surface area is 97.9 Å². The second kappa shape index (κ2) is 4.40. The van der Waals surface area contributed by atoms with Gasteiger partial charge in [0.05, 0.1) is 0 Å². The number of Topliss-reactive ketones (excluding diaryl/α,β-unsaturated/α-hetero) is 1. The van der Waals surface area contributed by atoms with Crippen LogP contribution in [-0.2, 0) is 0 Å². The molecule has 1 heteroatoms. The third-order valence-corrected chi connectivity index (χ3v) is 4.03. The van der Waals surface area contributed by atoms with Crippen LogP contribution in [0.5, 0.6) is 0 Å². The average molecular weight is 216 g/mol. The van der Waals surface area contributed by atoms with Crippen molar-refractivity contribution in [2.75, 3.05) is 0 Å². The van der Waals surface area contributed by atoms with E-state index in [2.05, 4.69) is 13.8 Å². The van der Waals surface area contributed by atoms with Crippen molar-refractivity contribution in [2.24, 2.45) is 5.41 Å². The van der Waals surface area contributed by atoms with Crippen LogP contribution in [0.4, 0.5) is 0 Å². The third kappa shape index (κ3) is 1.91. The standard InChI is InChI=1S/C15H20O/c1-3-15(10-4-5-11-15)14(16)13-8-6-12(2)7-9-13/h6-9H,3-5,10-11H2,1-2H3. The van der Waals surface area contributed by atoms with Gasteiger partial charge in [-0.2, -0.15) is 0 Å². The summed E-state index contributed by atoms with van der Waals surface area (Å²) in [4.78, 5) is 12.5. The summed E-state index contributed by atoms with van der Waals surface area (Å²) in [7, 11) is 0. The Morgan fingerprint density at radius 3 is 2.25 bits per heavy atom. The number of rotatable bonds is 3. The topological polar surface area (TPSA) is 17.1 Å². The lowest BCUT2D eigenvalue weighted by atomic mass is 9.76. The molecule has 1 aliphatic carbocycles. The van der Waals surface area contributed by atoms with Crippen molar-refractivity contribution in [3.63, 3.8) is 0 Å². The largest absolute Gasteiger partial charge is 0.294 e.